The van der Waals surface area contributed by atoms with Crippen LogP contribution in [0.4, 0.5) is 0 Å². The highest BCUT2D eigenvalue weighted by atomic mass is 35.5. The molecular weight excluding hydrogens is 225 g/mol. The smallest absolute Gasteiger partial charge is 0.138 e. The van der Waals surface area contributed by atoms with E-state index in [9.17, 15) is 0 Å². The van der Waals surface area contributed by atoms with E-state index in [1.807, 2.05) is 0 Å². The van der Waals surface area contributed by atoms with E-state index >= 15 is 0 Å². The molecule has 3 nitrogen and oxygen atoms in total. The van der Waals surface area contributed by atoms with Gasteiger partial charge in [-0.15, -0.1) is 0 Å². The zero-order chi connectivity index (χ0) is 10.4. The normalized spacial score (nSPS) is 11.5. The van der Waals surface area contributed by atoms with Gasteiger partial charge in [0, 0.05) is 5.54 Å². The Morgan fingerprint density at radius 1 is 1.57 bits per heavy atom. The highest BCUT2D eigenvalue weighted by Crippen LogP contribution is 2.12. The lowest BCUT2D eigenvalue weighted by Gasteiger charge is -2.04. The van der Waals surface area contributed by atoms with E-state index in [1.54, 1.807) is 12.1 Å². The van der Waals surface area contributed by atoms with Crippen molar-refractivity contribution in [3.05, 3.63) is 34.6 Å². The summed E-state index contributed by atoms with van der Waals surface area (Å²) in [5.41, 5.74) is 1.84. The average Bonchev–Trinajstić information content (AvgIpc) is 2.26. The molecule has 1 rings (SSSR count). The average molecular weight is 234 g/mol. The molecule has 0 fully saturated rings. The molecule has 76 valence electrons. The number of aliphatic hydroxyl groups excluding tert-OH is 1. The van der Waals surface area contributed by atoms with Gasteiger partial charge in [-0.05, 0) is 12.1 Å². The molecule has 0 saturated heterocycles. The Morgan fingerprint density at radius 3 is 2.86 bits per heavy atom. The number of aromatic nitrogens is 1. The summed E-state index contributed by atoms with van der Waals surface area (Å²) in [5.74, 6) is 0.582. The number of rotatable bonds is 4. The summed E-state index contributed by atoms with van der Waals surface area (Å²) in [6.07, 6.45) is 1.52. The second kappa shape index (κ2) is 5.86. The van der Waals surface area contributed by atoms with Crippen LogP contribution >= 0.6 is 23.2 Å². The maximum Gasteiger partial charge on any atom is 0.138 e. The maximum atomic E-state index is 8.73. The lowest BCUT2D eigenvalue weighted by Crippen LogP contribution is -1.98. The van der Waals surface area contributed by atoms with Crippen LogP contribution in [0.25, 0.3) is 0 Å². The fourth-order valence-corrected chi connectivity index (χ4v) is 0.891. The molecule has 1 aromatic heterocycles. The van der Waals surface area contributed by atoms with E-state index in [-0.39, 0.29) is 13.2 Å². The number of hydrogen-bond donors (Lipinski definition) is 1. The van der Waals surface area contributed by atoms with Gasteiger partial charge in [0.25, 0.3) is 0 Å². The number of ether oxygens (including phenoxy) is 1. The summed E-state index contributed by atoms with van der Waals surface area (Å²) < 4.78 is 5.23. The lowest BCUT2D eigenvalue weighted by molar-refractivity contribution is 0.276. The first kappa shape index (κ1) is 11.3. The highest BCUT2D eigenvalue weighted by molar-refractivity contribution is 6.36. The summed E-state index contributed by atoms with van der Waals surface area (Å²) in [5, 5.41) is 9.15. The quantitative estimate of drug-likeness (QED) is 0.868. The molecule has 0 spiro atoms. The van der Waals surface area contributed by atoms with Crippen molar-refractivity contribution >= 4 is 23.2 Å². The Bertz CT molecular complexity index is 311. The Morgan fingerprint density at radius 2 is 2.36 bits per heavy atom. The molecule has 0 aromatic carbocycles. The Labute approximate surface area is 91.9 Å². The van der Waals surface area contributed by atoms with E-state index in [2.05, 4.69) is 4.98 Å². The van der Waals surface area contributed by atoms with Gasteiger partial charge in [0.1, 0.15) is 12.4 Å². The predicted molar refractivity (Wildman–Crippen MR) is 55.4 cm³/mol. The zero-order valence-corrected chi connectivity index (χ0v) is 8.79. The molecule has 0 unspecified atom stereocenters. The first-order valence-electron chi connectivity index (χ1n) is 3.89. The van der Waals surface area contributed by atoms with Crippen molar-refractivity contribution in [2.24, 2.45) is 0 Å². The van der Waals surface area contributed by atoms with Crippen LogP contribution in [0, 0.1) is 0 Å². The summed E-state index contributed by atoms with van der Waals surface area (Å²) >= 11 is 11.0. The molecule has 0 aliphatic heterocycles. The molecule has 1 N–H and O–H groups in total. The number of hydrogen-bond acceptors (Lipinski definition) is 3. The van der Waals surface area contributed by atoms with Crippen LogP contribution in [-0.4, -0.2) is 16.7 Å². The van der Waals surface area contributed by atoms with Crippen LogP contribution in [0.2, 0.25) is 0 Å². The first-order chi connectivity index (χ1) is 6.76. The standard InChI is InChI=1S/C9H9Cl2NO2/c10-3-7(11)6-14-9-2-1-8(5-13)12-4-9/h1-4,13H,5-6H2/b7-3-. The van der Waals surface area contributed by atoms with Crippen LogP contribution in [-0.2, 0) is 6.61 Å². The van der Waals surface area contributed by atoms with E-state index in [4.69, 9.17) is 33.0 Å². The molecular formula is C9H9Cl2NO2. The molecule has 0 amide bonds. The van der Waals surface area contributed by atoms with Gasteiger partial charge in [-0.2, -0.15) is 0 Å². The van der Waals surface area contributed by atoms with E-state index in [0.29, 0.717) is 16.5 Å². The van der Waals surface area contributed by atoms with Crippen LogP contribution in [0.3, 0.4) is 0 Å². The van der Waals surface area contributed by atoms with E-state index < -0.39 is 0 Å². The molecule has 14 heavy (non-hydrogen) atoms. The third-order valence-corrected chi connectivity index (χ3v) is 2.05. The topological polar surface area (TPSA) is 42.4 Å². The maximum absolute atomic E-state index is 8.73. The van der Waals surface area contributed by atoms with E-state index in [1.165, 1.54) is 11.7 Å². The molecule has 1 heterocycles. The molecule has 5 heteroatoms. The molecule has 0 aliphatic carbocycles. The Balaban J connectivity index is 2.52. The minimum Gasteiger partial charge on any atom is -0.486 e. The third-order valence-electron chi connectivity index (χ3n) is 1.45. The van der Waals surface area contributed by atoms with Crippen LogP contribution in [0.1, 0.15) is 5.69 Å². The van der Waals surface area contributed by atoms with Gasteiger partial charge in [-0.3, -0.25) is 4.98 Å². The van der Waals surface area contributed by atoms with Crippen molar-refractivity contribution in [3.63, 3.8) is 0 Å². The van der Waals surface area contributed by atoms with Crippen molar-refractivity contribution in [3.8, 4) is 5.75 Å². The summed E-state index contributed by atoms with van der Waals surface area (Å²) in [7, 11) is 0. The van der Waals surface area contributed by atoms with Crippen molar-refractivity contribution < 1.29 is 9.84 Å². The van der Waals surface area contributed by atoms with Crippen LogP contribution in [0.5, 0.6) is 5.75 Å². The lowest BCUT2D eigenvalue weighted by atomic mass is 10.3. The van der Waals surface area contributed by atoms with Gasteiger partial charge >= 0.3 is 0 Å². The number of pyridine rings is 1. The molecule has 0 saturated carbocycles. The Kier molecular flexibility index (Phi) is 4.73. The third kappa shape index (κ3) is 3.54. The molecule has 0 atom stereocenters. The molecule has 0 radical (unpaired) electrons. The minimum absolute atomic E-state index is 0.0807. The van der Waals surface area contributed by atoms with Crippen LogP contribution < -0.4 is 4.74 Å². The van der Waals surface area contributed by atoms with Gasteiger partial charge in [0.15, 0.2) is 0 Å². The monoisotopic (exact) mass is 233 g/mol. The predicted octanol–water partition coefficient (Wildman–Crippen LogP) is 2.27. The summed E-state index contributed by atoms with van der Waals surface area (Å²) in [4.78, 5) is 3.93. The zero-order valence-electron chi connectivity index (χ0n) is 7.28. The first-order valence-corrected chi connectivity index (χ1v) is 4.71. The van der Waals surface area contributed by atoms with Gasteiger partial charge in [0.2, 0.25) is 0 Å². The number of aliphatic hydroxyl groups is 1. The van der Waals surface area contributed by atoms with Crippen LogP contribution in [0.15, 0.2) is 28.9 Å². The van der Waals surface area contributed by atoms with Crippen molar-refractivity contribution in [2.75, 3.05) is 6.61 Å². The van der Waals surface area contributed by atoms with Crippen molar-refractivity contribution in [1.29, 1.82) is 0 Å². The number of nitrogens with zero attached hydrogens (tertiary/aromatic N) is 1. The molecule has 0 bridgehead atoms. The molecule has 1 aromatic rings. The summed E-state index contributed by atoms with van der Waals surface area (Å²) in [6, 6.07) is 3.38. The molecule has 0 aliphatic rings. The number of halogens is 2. The summed E-state index contributed by atoms with van der Waals surface area (Å²) in [6.45, 7) is 0.133. The fourth-order valence-electron chi connectivity index (χ4n) is 0.774. The second-order valence-electron chi connectivity index (χ2n) is 2.49. The fraction of sp³-hybridized carbons (Fsp3) is 0.222. The SMILES string of the molecule is OCc1ccc(OC/C(Cl)=C/Cl)cn1. The minimum atomic E-state index is -0.0807. The van der Waals surface area contributed by atoms with Gasteiger partial charge in [0.05, 0.1) is 23.5 Å². The van der Waals surface area contributed by atoms with Crippen molar-refractivity contribution in [2.45, 2.75) is 6.61 Å². The second-order valence-corrected chi connectivity index (χ2v) is 3.19. The van der Waals surface area contributed by atoms with Crippen molar-refractivity contribution in [1.82, 2.24) is 4.98 Å². The highest BCUT2D eigenvalue weighted by Gasteiger charge is 1.97. The van der Waals surface area contributed by atoms with Gasteiger partial charge in [-0.25, -0.2) is 0 Å². The van der Waals surface area contributed by atoms with E-state index in [0.717, 1.165) is 0 Å². The van der Waals surface area contributed by atoms with Gasteiger partial charge < -0.3 is 9.84 Å². The Hall–Kier alpha value is -0.770. The van der Waals surface area contributed by atoms with Gasteiger partial charge in [-0.1, -0.05) is 23.2 Å². The largest absolute Gasteiger partial charge is 0.486 e.